The molecule has 0 aliphatic rings. The van der Waals surface area contributed by atoms with Gasteiger partial charge in [0.1, 0.15) is 0 Å². The Balaban J connectivity index is 0.00000225. The molecule has 0 aliphatic heterocycles. The minimum Gasteiger partial charge on any atom is -0.493 e. The van der Waals surface area contributed by atoms with Gasteiger partial charge in [-0.1, -0.05) is 26.0 Å². The van der Waals surface area contributed by atoms with Gasteiger partial charge >= 0.3 is 0 Å². The molecule has 0 unspecified atom stereocenters. The van der Waals surface area contributed by atoms with Crippen LogP contribution in [0.15, 0.2) is 18.2 Å². The Kier molecular flexibility index (Phi) is 6.93. The van der Waals surface area contributed by atoms with Crippen LogP contribution in [0.2, 0.25) is 0 Å². The third kappa shape index (κ3) is 3.91. The highest BCUT2D eigenvalue weighted by atomic mass is 35.5. The standard InChI is InChI=1S/C12H19NO2.ClH/c1-9(2)8-15-12-10(7-13)5-4-6-11(12)14-3;/h4-6,9H,7-8,13H2,1-3H3;1H. The van der Waals surface area contributed by atoms with E-state index in [1.807, 2.05) is 18.2 Å². The van der Waals surface area contributed by atoms with E-state index in [2.05, 4.69) is 13.8 Å². The van der Waals surface area contributed by atoms with E-state index in [0.717, 1.165) is 17.1 Å². The summed E-state index contributed by atoms with van der Waals surface area (Å²) in [5, 5.41) is 0. The van der Waals surface area contributed by atoms with Crippen molar-refractivity contribution < 1.29 is 9.47 Å². The lowest BCUT2D eigenvalue weighted by Crippen LogP contribution is -2.09. The molecule has 0 aromatic heterocycles. The van der Waals surface area contributed by atoms with Gasteiger partial charge in [-0.3, -0.25) is 0 Å². The highest BCUT2D eigenvalue weighted by Gasteiger charge is 2.09. The van der Waals surface area contributed by atoms with Gasteiger partial charge in [0.15, 0.2) is 11.5 Å². The van der Waals surface area contributed by atoms with Crippen molar-refractivity contribution in [1.29, 1.82) is 0 Å². The molecular formula is C12H20ClNO2. The molecule has 4 heteroatoms. The minimum absolute atomic E-state index is 0. The van der Waals surface area contributed by atoms with Crippen molar-refractivity contribution in [2.45, 2.75) is 20.4 Å². The number of methoxy groups -OCH3 is 1. The molecule has 0 saturated heterocycles. The molecule has 3 nitrogen and oxygen atoms in total. The van der Waals surface area contributed by atoms with E-state index in [1.54, 1.807) is 7.11 Å². The molecule has 0 aliphatic carbocycles. The van der Waals surface area contributed by atoms with Gasteiger partial charge in [-0.05, 0) is 12.0 Å². The summed E-state index contributed by atoms with van der Waals surface area (Å²) >= 11 is 0. The summed E-state index contributed by atoms with van der Waals surface area (Å²) in [7, 11) is 1.64. The number of nitrogens with two attached hydrogens (primary N) is 1. The fourth-order valence-corrected chi connectivity index (χ4v) is 1.30. The van der Waals surface area contributed by atoms with E-state index in [4.69, 9.17) is 15.2 Å². The first-order valence-electron chi connectivity index (χ1n) is 5.17. The fraction of sp³-hybridized carbons (Fsp3) is 0.500. The van der Waals surface area contributed by atoms with Crippen molar-refractivity contribution in [3.63, 3.8) is 0 Å². The lowest BCUT2D eigenvalue weighted by Gasteiger charge is -2.15. The van der Waals surface area contributed by atoms with Crippen LogP contribution in [-0.2, 0) is 6.54 Å². The van der Waals surface area contributed by atoms with Gasteiger partial charge in [0, 0.05) is 12.1 Å². The number of ether oxygens (including phenoxy) is 2. The van der Waals surface area contributed by atoms with Crippen molar-refractivity contribution in [2.75, 3.05) is 13.7 Å². The number of rotatable bonds is 5. The van der Waals surface area contributed by atoms with Gasteiger partial charge in [0.05, 0.1) is 13.7 Å². The third-order valence-electron chi connectivity index (χ3n) is 2.06. The zero-order valence-corrected chi connectivity index (χ0v) is 10.8. The summed E-state index contributed by atoms with van der Waals surface area (Å²) in [6.45, 7) is 5.35. The molecular weight excluding hydrogens is 226 g/mol. The van der Waals surface area contributed by atoms with Gasteiger partial charge in [0.25, 0.3) is 0 Å². The average Bonchev–Trinajstić information content (AvgIpc) is 2.25. The van der Waals surface area contributed by atoms with Crippen LogP contribution in [0.5, 0.6) is 11.5 Å². The summed E-state index contributed by atoms with van der Waals surface area (Å²) in [6, 6.07) is 5.76. The number of hydrogen-bond donors (Lipinski definition) is 1. The molecule has 1 rings (SSSR count). The first-order chi connectivity index (χ1) is 7.19. The lowest BCUT2D eigenvalue weighted by molar-refractivity contribution is 0.254. The van der Waals surface area contributed by atoms with Crippen LogP contribution in [0.1, 0.15) is 19.4 Å². The monoisotopic (exact) mass is 245 g/mol. The molecule has 2 N–H and O–H groups in total. The molecule has 1 aromatic rings. The highest BCUT2D eigenvalue weighted by Crippen LogP contribution is 2.31. The normalized spacial score (nSPS) is 9.81. The second-order valence-electron chi connectivity index (χ2n) is 3.86. The van der Waals surface area contributed by atoms with Crippen molar-refractivity contribution in [1.82, 2.24) is 0 Å². The fourth-order valence-electron chi connectivity index (χ4n) is 1.30. The minimum atomic E-state index is 0. The van der Waals surface area contributed by atoms with Crippen LogP contribution < -0.4 is 15.2 Å². The van der Waals surface area contributed by atoms with Gasteiger partial charge < -0.3 is 15.2 Å². The van der Waals surface area contributed by atoms with Gasteiger partial charge in [-0.2, -0.15) is 0 Å². The van der Waals surface area contributed by atoms with Gasteiger partial charge in [0.2, 0.25) is 0 Å². The molecule has 0 bridgehead atoms. The highest BCUT2D eigenvalue weighted by molar-refractivity contribution is 5.85. The average molecular weight is 246 g/mol. The molecule has 1 aromatic carbocycles. The summed E-state index contributed by atoms with van der Waals surface area (Å²) in [5.74, 6) is 2.01. The molecule has 16 heavy (non-hydrogen) atoms. The van der Waals surface area contributed by atoms with Crippen molar-refractivity contribution in [2.24, 2.45) is 11.7 Å². The molecule has 0 fully saturated rings. The SMILES string of the molecule is COc1cccc(CN)c1OCC(C)C.Cl. The van der Waals surface area contributed by atoms with Crippen LogP contribution in [0.25, 0.3) is 0 Å². The maximum Gasteiger partial charge on any atom is 0.165 e. The summed E-state index contributed by atoms with van der Waals surface area (Å²) in [6.07, 6.45) is 0. The Hall–Kier alpha value is -0.930. The Labute approximate surface area is 103 Å². The van der Waals surface area contributed by atoms with Crippen molar-refractivity contribution in [3.05, 3.63) is 23.8 Å². The first-order valence-corrected chi connectivity index (χ1v) is 5.17. The van der Waals surface area contributed by atoms with Crippen LogP contribution in [0.4, 0.5) is 0 Å². The Bertz CT molecular complexity index is 294. The summed E-state index contributed by atoms with van der Waals surface area (Å²) in [5.41, 5.74) is 6.63. The summed E-state index contributed by atoms with van der Waals surface area (Å²) < 4.78 is 10.9. The van der Waals surface area contributed by atoms with Crippen LogP contribution in [-0.4, -0.2) is 13.7 Å². The topological polar surface area (TPSA) is 44.5 Å². The molecule has 0 atom stereocenters. The Morgan fingerprint density at radius 3 is 2.50 bits per heavy atom. The van der Waals surface area contributed by atoms with Gasteiger partial charge in [-0.25, -0.2) is 0 Å². The first kappa shape index (κ1) is 15.1. The Morgan fingerprint density at radius 2 is 2.00 bits per heavy atom. The van der Waals surface area contributed by atoms with E-state index in [1.165, 1.54) is 0 Å². The Morgan fingerprint density at radius 1 is 1.31 bits per heavy atom. The largest absolute Gasteiger partial charge is 0.493 e. The smallest absolute Gasteiger partial charge is 0.165 e. The number of halogens is 1. The van der Waals surface area contributed by atoms with Crippen molar-refractivity contribution in [3.8, 4) is 11.5 Å². The van der Waals surface area contributed by atoms with Crippen molar-refractivity contribution >= 4 is 12.4 Å². The molecule has 0 saturated carbocycles. The van der Waals surface area contributed by atoms with E-state index in [9.17, 15) is 0 Å². The second kappa shape index (κ2) is 7.36. The summed E-state index contributed by atoms with van der Waals surface area (Å²) in [4.78, 5) is 0. The molecule has 0 amide bonds. The van der Waals surface area contributed by atoms with Gasteiger partial charge in [-0.15, -0.1) is 12.4 Å². The number of para-hydroxylation sites is 1. The molecule has 92 valence electrons. The van der Waals surface area contributed by atoms with E-state index >= 15 is 0 Å². The maximum absolute atomic E-state index is 5.71. The zero-order valence-electron chi connectivity index (χ0n) is 10.0. The maximum atomic E-state index is 5.71. The van der Waals surface area contributed by atoms with E-state index in [0.29, 0.717) is 19.1 Å². The molecule has 0 radical (unpaired) electrons. The number of hydrogen-bond acceptors (Lipinski definition) is 3. The third-order valence-corrected chi connectivity index (χ3v) is 2.06. The number of benzene rings is 1. The zero-order chi connectivity index (χ0) is 11.3. The predicted octanol–water partition coefficient (Wildman–Crippen LogP) is 2.61. The van der Waals surface area contributed by atoms with Crippen LogP contribution in [0, 0.1) is 5.92 Å². The van der Waals surface area contributed by atoms with E-state index < -0.39 is 0 Å². The van der Waals surface area contributed by atoms with E-state index in [-0.39, 0.29) is 12.4 Å². The molecule has 0 spiro atoms. The second-order valence-corrected chi connectivity index (χ2v) is 3.86. The van der Waals surface area contributed by atoms with Crippen LogP contribution >= 0.6 is 12.4 Å². The lowest BCUT2D eigenvalue weighted by atomic mass is 10.2. The quantitative estimate of drug-likeness (QED) is 0.867. The molecule has 0 heterocycles. The predicted molar refractivity (Wildman–Crippen MR) is 68.5 cm³/mol. The van der Waals surface area contributed by atoms with Crippen LogP contribution in [0.3, 0.4) is 0 Å².